The second-order valence-electron chi connectivity index (χ2n) is 7.58. The van der Waals surface area contributed by atoms with Crippen LogP contribution in [0.15, 0.2) is 52.0 Å². The van der Waals surface area contributed by atoms with E-state index >= 15 is 0 Å². The molecule has 1 atom stereocenters. The van der Waals surface area contributed by atoms with Crippen LogP contribution >= 0.6 is 11.8 Å². The number of nitrogens with zero attached hydrogens (tertiary/aromatic N) is 2. The summed E-state index contributed by atoms with van der Waals surface area (Å²) >= 11 is 1.41. The van der Waals surface area contributed by atoms with Gasteiger partial charge in [0.15, 0.2) is 5.76 Å². The first kappa shape index (κ1) is 26.1. The SMILES string of the molecule is CSCC[C@H](NS(=O)(=O)c1cccc(C(F)(F)F)c1)C(=O)N1CCN(C(=O)c2ccco2)CC1. The molecule has 0 bridgehead atoms. The Hall–Kier alpha value is -2.51. The van der Waals surface area contributed by atoms with Crippen LogP contribution in [-0.4, -0.2) is 74.3 Å². The van der Waals surface area contributed by atoms with Crippen molar-refractivity contribution in [2.24, 2.45) is 0 Å². The van der Waals surface area contributed by atoms with E-state index in [0.717, 1.165) is 18.2 Å². The first-order chi connectivity index (χ1) is 16.0. The maximum atomic E-state index is 13.1. The van der Waals surface area contributed by atoms with E-state index in [1.807, 2.05) is 0 Å². The molecule has 8 nitrogen and oxygen atoms in total. The first-order valence-electron chi connectivity index (χ1n) is 10.3. The van der Waals surface area contributed by atoms with Gasteiger partial charge in [-0.2, -0.15) is 29.7 Å². The summed E-state index contributed by atoms with van der Waals surface area (Å²) in [5.74, 6) is -0.152. The predicted molar refractivity (Wildman–Crippen MR) is 120 cm³/mol. The molecule has 34 heavy (non-hydrogen) atoms. The normalized spacial score (nSPS) is 15.9. The minimum atomic E-state index is -4.70. The van der Waals surface area contributed by atoms with Gasteiger partial charge in [0.25, 0.3) is 5.91 Å². The molecule has 2 amide bonds. The summed E-state index contributed by atoms with van der Waals surface area (Å²) in [5.41, 5.74) is -1.10. The number of hydrogen-bond acceptors (Lipinski definition) is 6. The molecule has 3 rings (SSSR count). The summed E-state index contributed by atoms with van der Waals surface area (Å²) in [7, 11) is -4.39. The van der Waals surface area contributed by atoms with Gasteiger partial charge in [0.05, 0.1) is 16.7 Å². The van der Waals surface area contributed by atoms with Crippen molar-refractivity contribution in [2.45, 2.75) is 23.5 Å². The Balaban J connectivity index is 1.70. The highest BCUT2D eigenvalue weighted by atomic mass is 32.2. The van der Waals surface area contributed by atoms with Gasteiger partial charge in [-0.15, -0.1) is 0 Å². The number of alkyl halides is 3. The number of rotatable bonds is 8. The molecule has 1 N–H and O–H groups in total. The molecule has 0 aliphatic carbocycles. The third-order valence-corrected chi connectivity index (χ3v) is 7.40. The second-order valence-corrected chi connectivity index (χ2v) is 10.3. The van der Waals surface area contributed by atoms with Gasteiger partial charge in [-0.1, -0.05) is 6.07 Å². The summed E-state index contributed by atoms with van der Waals surface area (Å²) in [6, 6.07) is 5.36. The molecule has 2 heterocycles. The van der Waals surface area contributed by atoms with Gasteiger partial charge in [0.2, 0.25) is 15.9 Å². The number of furan rings is 1. The molecule has 0 radical (unpaired) electrons. The fourth-order valence-electron chi connectivity index (χ4n) is 3.47. The van der Waals surface area contributed by atoms with E-state index in [9.17, 15) is 31.2 Å². The quantitative estimate of drug-likeness (QED) is 0.576. The smallest absolute Gasteiger partial charge is 0.416 e. The Bertz CT molecular complexity index is 1100. The zero-order valence-electron chi connectivity index (χ0n) is 18.2. The molecule has 13 heteroatoms. The number of piperazine rings is 1. The fraction of sp³-hybridized carbons (Fsp3) is 0.429. The molecule has 186 valence electrons. The van der Waals surface area contributed by atoms with Crippen LogP contribution in [0.5, 0.6) is 0 Å². The standard InChI is InChI=1S/C21H24F3N3O5S2/c1-33-13-7-17(25-34(30,31)16-5-2-4-15(14-16)21(22,23)24)19(28)26-8-10-27(11-9-26)20(29)18-6-3-12-32-18/h2-6,12,14,17,25H,7-11,13H2,1H3/t17-/m0/s1. The number of nitrogens with one attached hydrogen (secondary N) is 1. The van der Waals surface area contributed by atoms with Gasteiger partial charge < -0.3 is 14.2 Å². The van der Waals surface area contributed by atoms with Crippen LogP contribution in [0.2, 0.25) is 0 Å². The lowest BCUT2D eigenvalue weighted by molar-refractivity contribution is -0.137. The minimum Gasteiger partial charge on any atom is -0.459 e. The molecule has 1 fully saturated rings. The second kappa shape index (κ2) is 10.8. The number of carbonyl (C=O) groups is 2. The van der Waals surface area contributed by atoms with E-state index in [-0.39, 0.29) is 44.3 Å². The molecule has 1 saturated heterocycles. The third kappa shape index (κ3) is 6.33. The monoisotopic (exact) mass is 519 g/mol. The Morgan fingerprint density at radius 1 is 1.12 bits per heavy atom. The number of benzene rings is 1. The largest absolute Gasteiger partial charge is 0.459 e. The number of carbonyl (C=O) groups excluding carboxylic acids is 2. The van der Waals surface area contributed by atoms with Crippen LogP contribution in [0, 0.1) is 0 Å². The van der Waals surface area contributed by atoms with Crippen molar-refractivity contribution in [3.63, 3.8) is 0 Å². The summed E-state index contributed by atoms with van der Waals surface area (Å²) in [6.45, 7) is 0.848. The molecular formula is C21H24F3N3O5S2. The van der Waals surface area contributed by atoms with Crippen molar-refractivity contribution >= 4 is 33.6 Å². The minimum absolute atomic E-state index is 0.156. The molecule has 0 saturated carbocycles. The number of halogens is 3. The van der Waals surface area contributed by atoms with Gasteiger partial charge in [-0.05, 0) is 48.8 Å². The zero-order chi connectivity index (χ0) is 24.9. The van der Waals surface area contributed by atoms with Gasteiger partial charge in [0, 0.05) is 26.2 Å². The van der Waals surface area contributed by atoms with E-state index in [1.165, 1.54) is 27.8 Å². The molecule has 1 aliphatic heterocycles. The Labute approximate surface area is 199 Å². The zero-order valence-corrected chi connectivity index (χ0v) is 19.9. The van der Waals surface area contributed by atoms with Crippen molar-refractivity contribution in [3.05, 3.63) is 54.0 Å². The van der Waals surface area contributed by atoms with E-state index in [0.29, 0.717) is 11.8 Å². The Morgan fingerprint density at radius 3 is 2.38 bits per heavy atom. The van der Waals surface area contributed by atoms with Crippen LogP contribution in [0.1, 0.15) is 22.5 Å². The number of thioether (sulfide) groups is 1. The summed E-state index contributed by atoms with van der Waals surface area (Å²) in [5, 5.41) is 0. The molecular weight excluding hydrogens is 495 g/mol. The molecule has 1 aliphatic rings. The topological polar surface area (TPSA) is 99.9 Å². The van der Waals surface area contributed by atoms with Gasteiger partial charge in [-0.3, -0.25) is 9.59 Å². The lowest BCUT2D eigenvalue weighted by Crippen LogP contribution is -2.55. The Morgan fingerprint density at radius 2 is 1.79 bits per heavy atom. The van der Waals surface area contributed by atoms with Crippen molar-refractivity contribution in [1.29, 1.82) is 0 Å². The fourth-order valence-corrected chi connectivity index (χ4v) is 5.21. The lowest BCUT2D eigenvalue weighted by Gasteiger charge is -2.36. The summed E-state index contributed by atoms with van der Waals surface area (Å²) < 4.78 is 72.1. The van der Waals surface area contributed by atoms with Crippen molar-refractivity contribution in [2.75, 3.05) is 38.2 Å². The highest BCUT2D eigenvalue weighted by Gasteiger charge is 2.34. The van der Waals surface area contributed by atoms with Crippen LogP contribution in [-0.2, 0) is 21.0 Å². The maximum Gasteiger partial charge on any atom is 0.416 e. The average molecular weight is 520 g/mol. The van der Waals surface area contributed by atoms with Crippen LogP contribution < -0.4 is 4.72 Å². The van der Waals surface area contributed by atoms with Gasteiger partial charge in [-0.25, -0.2) is 8.42 Å². The number of amides is 2. The number of sulfonamides is 1. The van der Waals surface area contributed by atoms with Crippen molar-refractivity contribution < 1.29 is 35.6 Å². The molecule has 2 aromatic rings. The summed E-state index contributed by atoms with van der Waals surface area (Å²) in [4.78, 5) is 28.0. The van der Waals surface area contributed by atoms with E-state index in [1.54, 1.807) is 18.4 Å². The van der Waals surface area contributed by atoms with E-state index < -0.39 is 38.6 Å². The lowest BCUT2D eigenvalue weighted by atomic mass is 10.2. The van der Waals surface area contributed by atoms with E-state index in [2.05, 4.69) is 4.72 Å². The van der Waals surface area contributed by atoms with Crippen molar-refractivity contribution in [3.8, 4) is 0 Å². The van der Waals surface area contributed by atoms with E-state index in [4.69, 9.17) is 4.42 Å². The average Bonchev–Trinajstić information content (AvgIpc) is 3.35. The maximum absolute atomic E-state index is 13.1. The van der Waals surface area contributed by atoms with Crippen LogP contribution in [0.4, 0.5) is 13.2 Å². The highest BCUT2D eigenvalue weighted by Crippen LogP contribution is 2.30. The Kier molecular flexibility index (Phi) is 8.31. The molecule has 0 unspecified atom stereocenters. The predicted octanol–water partition coefficient (Wildman–Crippen LogP) is 2.68. The van der Waals surface area contributed by atoms with Crippen molar-refractivity contribution in [1.82, 2.24) is 14.5 Å². The number of hydrogen-bond donors (Lipinski definition) is 1. The molecule has 1 aromatic heterocycles. The van der Waals surface area contributed by atoms with Gasteiger partial charge in [0.1, 0.15) is 6.04 Å². The molecule has 0 spiro atoms. The van der Waals surface area contributed by atoms with Crippen LogP contribution in [0.3, 0.4) is 0 Å². The first-order valence-corrected chi connectivity index (χ1v) is 13.2. The third-order valence-electron chi connectivity index (χ3n) is 5.29. The molecule has 1 aromatic carbocycles. The highest BCUT2D eigenvalue weighted by molar-refractivity contribution is 7.98. The van der Waals surface area contributed by atoms with Gasteiger partial charge >= 0.3 is 6.18 Å². The summed E-state index contributed by atoms with van der Waals surface area (Å²) in [6.07, 6.45) is -1.36. The van der Waals surface area contributed by atoms with Crippen LogP contribution in [0.25, 0.3) is 0 Å².